The van der Waals surface area contributed by atoms with E-state index in [1.54, 1.807) is 6.20 Å². The summed E-state index contributed by atoms with van der Waals surface area (Å²) in [6, 6.07) is 22.5. The van der Waals surface area contributed by atoms with E-state index in [4.69, 9.17) is 0 Å². The van der Waals surface area contributed by atoms with Crippen LogP contribution in [0.25, 0.3) is 0 Å². The Labute approximate surface area is 169 Å². The summed E-state index contributed by atoms with van der Waals surface area (Å²) < 4.78 is 0. The zero-order valence-electron chi connectivity index (χ0n) is 16.0. The number of fused-ring (bicyclic) bond motifs is 2. The molecule has 3 heterocycles. The highest BCUT2D eigenvalue weighted by Gasteiger charge is 2.51. The van der Waals surface area contributed by atoms with Gasteiger partial charge in [0.2, 0.25) is 0 Å². The molecule has 2 amide bonds. The summed E-state index contributed by atoms with van der Waals surface area (Å²) >= 11 is 0. The third kappa shape index (κ3) is 2.90. The van der Waals surface area contributed by atoms with Crippen LogP contribution in [-0.2, 0) is 5.41 Å². The van der Waals surface area contributed by atoms with Gasteiger partial charge in [-0.05, 0) is 42.8 Å². The van der Waals surface area contributed by atoms with Crippen LogP contribution in [0.1, 0.15) is 32.8 Å². The Morgan fingerprint density at radius 3 is 2.14 bits per heavy atom. The SMILES string of the molecule is O=C(c1ccccc1)N1CC[C@@]2(C1)CN(C(=O)c1ccccc1)c1cccnc12. The van der Waals surface area contributed by atoms with Crippen LogP contribution in [-0.4, -0.2) is 41.3 Å². The fourth-order valence-electron chi connectivity index (χ4n) is 4.54. The predicted octanol–water partition coefficient (Wildman–Crippen LogP) is 3.53. The molecule has 0 aliphatic carbocycles. The average Bonchev–Trinajstić information content (AvgIpc) is 3.36. The van der Waals surface area contributed by atoms with Crippen LogP contribution in [0.4, 0.5) is 5.69 Å². The number of nitrogens with zero attached hydrogens (tertiary/aromatic N) is 3. The molecule has 1 aromatic heterocycles. The highest BCUT2D eigenvalue weighted by molar-refractivity contribution is 6.07. The molecule has 0 bridgehead atoms. The van der Waals surface area contributed by atoms with Gasteiger partial charge in [-0.2, -0.15) is 0 Å². The van der Waals surface area contributed by atoms with Gasteiger partial charge in [0.15, 0.2) is 0 Å². The first-order valence-corrected chi connectivity index (χ1v) is 9.85. The quantitative estimate of drug-likeness (QED) is 0.680. The van der Waals surface area contributed by atoms with Crippen LogP contribution in [0.15, 0.2) is 79.0 Å². The standard InChI is InChI=1S/C24H21N3O2/c28-22(18-8-3-1-4-9-18)26-15-13-24(16-26)17-27(20-12-7-14-25-21(20)24)23(29)19-10-5-2-6-11-19/h1-12,14H,13,15-17H2/t24-/m1/s1. The molecule has 0 radical (unpaired) electrons. The van der Waals surface area contributed by atoms with Crippen molar-refractivity contribution in [2.45, 2.75) is 11.8 Å². The Bertz CT molecular complexity index is 1070. The van der Waals surface area contributed by atoms with Crippen molar-refractivity contribution in [3.8, 4) is 0 Å². The van der Waals surface area contributed by atoms with E-state index in [0.717, 1.165) is 17.8 Å². The van der Waals surface area contributed by atoms with Gasteiger partial charge in [-0.25, -0.2) is 0 Å². The van der Waals surface area contributed by atoms with Crippen molar-refractivity contribution < 1.29 is 9.59 Å². The first kappa shape index (κ1) is 17.6. The normalized spacial score (nSPS) is 20.1. The summed E-state index contributed by atoms with van der Waals surface area (Å²) in [7, 11) is 0. The van der Waals surface area contributed by atoms with E-state index in [0.29, 0.717) is 30.8 Å². The zero-order chi connectivity index (χ0) is 19.8. The number of likely N-dealkylation sites (tertiary alicyclic amines) is 1. The molecule has 1 atom stereocenters. The van der Waals surface area contributed by atoms with E-state index in [-0.39, 0.29) is 17.2 Å². The molecule has 5 heteroatoms. The molecule has 1 spiro atoms. The summed E-state index contributed by atoms with van der Waals surface area (Å²) in [5.74, 6) is 0.0114. The van der Waals surface area contributed by atoms with E-state index < -0.39 is 0 Å². The van der Waals surface area contributed by atoms with Crippen molar-refractivity contribution in [2.75, 3.05) is 24.5 Å². The molecule has 29 heavy (non-hydrogen) atoms. The van der Waals surface area contributed by atoms with Crippen LogP contribution in [0.5, 0.6) is 0 Å². The first-order chi connectivity index (χ1) is 14.2. The summed E-state index contributed by atoms with van der Waals surface area (Å²) in [6.45, 7) is 1.78. The van der Waals surface area contributed by atoms with Crippen LogP contribution in [0.3, 0.4) is 0 Å². The summed E-state index contributed by atoms with van der Waals surface area (Å²) in [6.07, 6.45) is 2.58. The van der Waals surface area contributed by atoms with Crippen LogP contribution >= 0.6 is 0 Å². The molecule has 144 valence electrons. The number of benzene rings is 2. The molecule has 2 aliphatic heterocycles. The Morgan fingerprint density at radius 1 is 0.793 bits per heavy atom. The average molecular weight is 383 g/mol. The van der Waals surface area contributed by atoms with E-state index in [9.17, 15) is 9.59 Å². The highest BCUT2D eigenvalue weighted by Crippen LogP contribution is 2.45. The number of carbonyl (C=O) groups excluding carboxylic acids is 2. The molecule has 0 N–H and O–H groups in total. The summed E-state index contributed by atoms with van der Waals surface area (Å²) in [4.78, 5) is 34.5. The first-order valence-electron chi connectivity index (χ1n) is 9.85. The second-order valence-corrected chi connectivity index (χ2v) is 7.75. The third-order valence-electron chi connectivity index (χ3n) is 5.97. The lowest BCUT2D eigenvalue weighted by Gasteiger charge is -2.25. The number of rotatable bonds is 2. The minimum atomic E-state index is -0.314. The number of hydrogen-bond donors (Lipinski definition) is 0. The van der Waals surface area contributed by atoms with Crippen LogP contribution < -0.4 is 4.90 Å². The van der Waals surface area contributed by atoms with Gasteiger partial charge in [-0.1, -0.05) is 36.4 Å². The maximum atomic E-state index is 13.2. The van der Waals surface area contributed by atoms with E-state index in [1.165, 1.54) is 0 Å². The Balaban J connectivity index is 1.46. The second kappa shape index (κ2) is 6.85. The smallest absolute Gasteiger partial charge is 0.258 e. The lowest BCUT2D eigenvalue weighted by molar-refractivity contribution is 0.0784. The van der Waals surface area contributed by atoms with Crippen LogP contribution in [0, 0.1) is 0 Å². The Kier molecular flexibility index (Phi) is 4.16. The molecular formula is C24H21N3O2. The molecular weight excluding hydrogens is 362 g/mol. The number of hydrogen-bond acceptors (Lipinski definition) is 3. The lowest BCUT2D eigenvalue weighted by Crippen LogP contribution is -2.40. The van der Waals surface area contributed by atoms with E-state index in [1.807, 2.05) is 82.6 Å². The Morgan fingerprint density at radius 2 is 1.45 bits per heavy atom. The topological polar surface area (TPSA) is 53.5 Å². The lowest BCUT2D eigenvalue weighted by atomic mass is 9.85. The van der Waals surface area contributed by atoms with E-state index in [2.05, 4.69) is 4.98 Å². The molecule has 2 aromatic carbocycles. The molecule has 3 aromatic rings. The van der Waals surface area contributed by atoms with Gasteiger partial charge in [0, 0.05) is 37.0 Å². The predicted molar refractivity (Wildman–Crippen MR) is 111 cm³/mol. The number of pyridine rings is 1. The van der Waals surface area contributed by atoms with Gasteiger partial charge in [0.1, 0.15) is 0 Å². The van der Waals surface area contributed by atoms with Gasteiger partial charge in [0.05, 0.1) is 16.8 Å². The summed E-state index contributed by atoms with van der Waals surface area (Å²) in [5, 5.41) is 0. The van der Waals surface area contributed by atoms with Gasteiger partial charge < -0.3 is 9.80 Å². The minimum Gasteiger partial charge on any atom is -0.338 e. The zero-order valence-corrected chi connectivity index (χ0v) is 16.0. The maximum Gasteiger partial charge on any atom is 0.258 e. The number of carbonyl (C=O) groups is 2. The van der Waals surface area contributed by atoms with Gasteiger partial charge >= 0.3 is 0 Å². The second-order valence-electron chi connectivity index (χ2n) is 7.75. The largest absolute Gasteiger partial charge is 0.338 e. The molecule has 1 saturated heterocycles. The van der Waals surface area contributed by atoms with Crippen molar-refractivity contribution >= 4 is 17.5 Å². The number of anilines is 1. The molecule has 5 rings (SSSR count). The summed E-state index contributed by atoms with van der Waals surface area (Å²) in [5.41, 5.74) is 2.82. The fourth-order valence-corrected chi connectivity index (χ4v) is 4.54. The van der Waals surface area contributed by atoms with E-state index >= 15 is 0 Å². The number of aromatic nitrogens is 1. The molecule has 0 saturated carbocycles. The molecule has 1 fully saturated rings. The van der Waals surface area contributed by atoms with Gasteiger partial charge in [0.25, 0.3) is 11.8 Å². The monoisotopic (exact) mass is 383 g/mol. The maximum absolute atomic E-state index is 13.2. The Hall–Kier alpha value is -3.47. The van der Waals surface area contributed by atoms with Crippen molar-refractivity contribution in [1.29, 1.82) is 0 Å². The van der Waals surface area contributed by atoms with Gasteiger partial charge in [-0.15, -0.1) is 0 Å². The van der Waals surface area contributed by atoms with Crippen molar-refractivity contribution in [2.24, 2.45) is 0 Å². The fraction of sp³-hybridized carbons (Fsp3) is 0.208. The van der Waals surface area contributed by atoms with Crippen LogP contribution in [0.2, 0.25) is 0 Å². The van der Waals surface area contributed by atoms with Crippen molar-refractivity contribution in [3.05, 3.63) is 95.8 Å². The minimum absolute atomic E-state index is 0.0236. The molecule has 5 nitrogen and oxygen atoms in total. The molecule has 2 aliphatic rings. The highest BCUT2D eigenvalue weighted by atomic mass is 16.2. The third-order valence-corrected chi connectivity index (χ3v) is 5.97. The van der Waals surface area contributed by atoms with Gasteiger partial charge in [-0.3, -0.25) is 14.6 Å². The molecule has 0 unspecified atom stereocenters. The number of amides is 2. The van der Waals surface area contributed by atoms with Crippen molar-refractivity contribution in [1.82, 2.24) is 9.88 Å². The van der Waals surface area contributed by atoms with Crippen molar-refractivity contribution in [3.63, 3.8) is 0 Å².